The second-order valence-electron chi connectivity index (χ2n) is 7.18. The molecule has 0 spiro atoms. The molecule has 0 radical (unpaired) electrons. The third-order valence-corrected chi connectivity index (χ3v) is 5.40. The molecule has 1 aromatic carbocycles. The van der Waals surface area contributed by atoms with E-state index in [2.05, 4.69) is 0 Å². The first kappa shape index (κ1) is 19.0. The third kappa shape index (κ3) is 3.91. The Labute approximate surface area is 165 Å². The Hall–Kier alpha value is -2.38. The second-order valence-corrected chi connectivity index (χ2v) is 7.18. The lowest BCUT2D eigenvalue weighted by atomic mass is 10.0. The van der Waals surface area contributed by atoms with Crippen LogP contribution in [0.3, 0.4) is 0 Å². The highest BCUT2D eigenvalue weighted by Crippen LogP contribution is 2.35. The second kappa shape index (κ2) is 8.75. The molecule has 1 aromatic heterocycles. The van der Waals surface area contributed by atoms with E-state index in [4.69, 9.17) is 19.3 Å². The highest BCUT2D eigenvalue weighted by atomic mass is 16.5. The molecule has 2 aromatic rings. The van der Waals surface area contributed by atoms with E-state index in [9.17, 15) is 4.79 Å². The van der Waals surface area contributed by atoms with Crippen LogP contribution >= 0.6 is 0 Å². The lowest BCUT2D eigenvalue weighted by Crippen LogP contribution is -2.34. The molecule has 28 heavy (non-hydrogen) atoms. The molecule has 1 atom stereocenters. The van der Waals surface area contributed by atoms with Crippen molar-refractivity contribution < 1.29 is 19.0 Å². The van der Waals surface area contributed by atoms with Gasteiger partial charge in [-0.3, -0.25) is 9.48 Å². The lowest BCUT2D eigenvalue weighted by Gasteiger charge is -2.24. The van der Waals surface area contributed by atoms with Gasteiger partial charge >= 0.3 is 0 Å². The summed E-state index contributed by atoms with van der Waals surface area (Å²) in [7, 11) is 1.56. The van der Waals surface area contributed by atoms with Gasteiger partial charge in [-0.1, -0.05) is 18.2 Å². The summed E-state index contributed by atoms with van der Waals surface area (Å²) in [6.07, 6.45) is 2.76. The Balaban J connectivity index is 1.52. The topological polar surface area (TPSA) is 65.8 Å². The number of likely N-dealkylation sites (tertiary alicyclic amines) is 1. The predicted octanol–water partition coefficient (Wildman–Crippen LogP) is 2.34. The summed E-state index contributed by atoms with van der Waals surface area (Å²) in [5.74, 6) is 0.886. The first-order valence-corrected chi connectivity index (χ1v) is 9.90. The van der Waals surface area contributed by atoms with Crippen LogP contribution in [0.4, 0.5) is 0 Å². The van der Waals surface area contributed by atoms with Crippen LogP contribution in [0.2, 0.25) is 0 Å². The number of amides is 1. The van der Waals surface area contributed by atoms with Crippen molar-refractivity contribution in [2.24, 2.45) is 0 Å². The van der Waals surface area contributed by atoms with Crippen LogP contribution in [0.15, 0.2) is 30.3 Å². The molecule has 1 unspecified atom stereocenters. The van der Waals surface area contributed by atoms with Gasteiger partial charge < -0.3 is 19.1 Å². The van der Waals surface area contributed by atoms with E-state index in [-0.39, 0.29) is 18.6 Å². The molecule has 0 saturated carbocycles. The first-order valence-electron chi connectivity index (χ1n) is 9.90. The van der Waals surface area contributed by atoms with Crippen LogP contribution in [-0.4, -0.2) is 54.1 Å². The largest absolute Gasteiger partial charge is 0.492 e. The smallest absolute Gasteiger partial charge is 0.249 e. The predicted molar refractivity (Wildman–Crippen MR) is 103 cm³/mol. The van der Waals surface area contributed by atoms with Gasteiger partial charge in [0, 0.05) is 31.3 Å². The molecule has 1 fully saturated rings. The van der Waals surface area contributed by atoms with Gasteiger partial charge in [0.25, 0.3) is 0 Å². The Kier molecular flexibility index (Phi) is 5.92. The third-order valence-electron chi connectivity index (χ3n) is 5.40. The standard InChI is InChI=1S/C21H27N3O4/c1-26-15-20(25)23-10-5-8-19(23)21-17-14-27-12-9-18(17)24(22-21)11-13-28-16-6-3-2-4-7-16/h2-4,6-7,19H,5,8-15H2,1H3. The van der Waals surface area contributed by atoms with Crippen LogP contribution < -0.4 is 4.74 Å². The number of nitrogens with zero attached hydrogens (tertiary/aromatic N) is 3. The average molecular weight is 385 g/mol. The van der Waals surface area contributed by atoms with E-state index < -0.39 is 0 Å². The maximum atomic E-state index is 12.4. The summed E-state index contributed by atoms with van der Waals surface area (Å²) in [4.78, 5) is 14.4. The van der Waals surface area contributed by atoms with E-state index in [1.165, 1.54) is 5.69 Å². The van der Waals surface area contributed by atoms with E-state index in [0.29, 0.717) is 26.4 Å². The molecule has 1 saturated heterocycles. The number of hydrogen-bond donors (Lipinski definition) is 0. The van der Waals surface area contributed by atoms with Crippen molar-refractivity contribution in [3.63, 3.8) is 0 Å². The Morgan fingerprint density at radius 2 is 2.18 bits per heavy atom. The Morgan fingerprint density at radius 3 is 3.00 bits per heavy atom. The fraction of sp³-hybridized carbons (Fsp3) is 0.524. The molecular formula is C21H27N3O4. The van der Waals surface area contributed by atoms with Crippen molar-refractivity contribution in [1.29, 1.82) is 0 Å². The SMILES string of the molecule is COCC(=O)N1CCCC1c1nn(CCOc2ccccc2)c2c1COCC2. The van der Waals surface area contributed by atoms with E-state index in [1.54, 1.807) is 7.11 Å². The summed E-state index contributed by atoms with van der Waals surface area (Å²) < 4.78 is 18.7. The Morgan fingerprint density at radius 1 is 1.32 bits per heavy atom. The number of aromatic nitrogens is 2. The average Bonchev–Trinajstić information content (AvgIpc) is 3.34. The quantitative estimate of drug-likeness (QED) is 0.732. The van der Waals surface area contributed by atoms with Gasteiger partial charge in [0.05, 0.1) is 31.5 Å². The number of carbonyl (C=O) groups is 1. The molecule has 3 heterocycles. The number of ether oxygens (including phenoxy) is 3. The van der Waals surface area contributed by atoms with Crippen LogP contribution in [0.5, 0.6) is 5.75 Å². The van der Waals surface area contributed by atoms with Crippen LogP contribution in [0.25, 0.3) is 0 Å². The number of carbonyl (C=O) groups excluding carboxylic acids is 1. The van der Waals surface area contributed by atoms with E-state index in [0.717, 1.165) is 42.8 Å². The van der Waals surface area contributed by atoms with Crippen molar-refractivity contribution >= 4 is 5.91 Å². The van der Waals surface area contributed by atoms with Gasteiger partial charge in [-0.2, -0.15) is 5.10 Å². The molecule has 1 amide bonds. The van der Waals surface area contributed by atoms with Gasteiger partial charge in [-0.15, -0.1) is 0 Å². The monoisotopic (exact) mass is 385 g/mol. The number of rotatable bonds is 7. The fourth-order valence-electron chi connectivity index (χ4n) is 4.11. The molecule has 0 N–H and O–H groups in total. The molecule has 2 aliphatic rings. The molecule has 0 bridgehead atoms. The zero-order valence-corrected chi connectivity index (χ0v) is 16.3. The van der Waals surface area contributed by atoms with Crippen LogP contribution in [0, 0.1) is 0 Å². The maximum Gasteiger partial charge on any atom is 0.249 e. The summed E-state index contributed by atoms with van der Waals surface area (Å²) in [6.45, 7) is 3.36. The number of para-hydroxylation sites is 1. The van der Waals surface area contributed by atoms with Gasteiger partial charge in [-0.25, -0.2) is 0 Å². The van der Waals surface area contributed by atoms with Crippen LogP contribution in [0.1, 0.15) is 35.8 Å². The number of methoxy groups -OCH3 is 1. The van der Waals surface area contributed by atoms with Crippen molar-refractivity contribution in [2.45, 2.75) is 38.5 Å². The molecular weight excluding hydrogens is 358 g/mol. The van der Waals surface area contributed by atoms with Crippen molar-refractivity contribution in [3.8, 4) is 5.75 Å². The fourth-order valence-corrected chi connectivity index (χ4v) is 4.11. The molecule has 4 rings (SSSR count). The van der Waals surface area contributed by atoms with Gasteiger partial charge in [0.2, 0.25) is 5.91 Å². The van der Waals surface area contributed by atoms with Gasteiger partial charge in [-0.05, 0) is 25.0 Å². The number of hydrogen-bond acceptors (Lipinski definition) is 5. The summed E-state index contributed by atoms with van der Waals surface area (Å²) in [6, 6.07) is 9.82. The Bertz CT molecular complexity index is 805. The normalized spacial score (nSPS) is 18.9. The minimum atomic E-state index is 0.00870. The van der Waals surface area contributed by atoms with E-state index >= 15 is 0 Å². The zero-order valence-electron chi connectivity index (χ0n) is 16.3. The zero-order chi connectivity index (χ0) is 19.3. The van der Waals surface area contributed by atoms with Crippen molar-refractivity contribution in [1.82, 2.24) is 14.7 Å². The number of fused-ring (bicyclic) bond motifs is 1. The summed E-state index contributed by atoms with van der Waals surface area (Å²) in [5, 5.41) is 4.92. The molecule has 7 nitrogen and oxygen atoms in total. The molecule has 2 aliphatic heterocycles. The van der Waals surface area contributed by atoms with Gasteiger partial charge in [0.1, 0.15) is 19.0 Å². The number of benzene rings is 1. The first-order chi connectivity index (χ1) is 13.8. The minimum absolute atomic E-state index is 0.00870. The summed E-state index contributed by atoms with van der Waals surface area (Å²) >= 11 is 0. The van der Waals surface area contributed by atoms with E-state index in [1.807, 2.05) is 39.9 Å². The highest BCUT2D eigenvalue weighted by molar-refractivity contribution is 5.78. The maximum absolute atomic E-state index is 12.4. The molecule has 0 aliphatic carbocycles. The van der Waals surface area contributed by atoms with Crippen molar-refractivity contribution in [2.75, 3.05) is 33.5 Å². The van der Waals surface area contributed by atoms with Crippen molar-refractivity contribution in [3.05, 3.63) is 47.3 Å². The molecule has 7 heteroatoms. The minimum Gasteiger partial charge on any atom is -0.492 e. The van der Waals surface area contributed by atoms with Gasteiger partial charge in [0.15, 0.2) is 0 Å². The molecule has 150 valence electrons. The highest BCUT2D eigenvalue weighted by Gasteiger charge is 2.35. The van der Waals surface area contributed by atoms with Crippen LogP contribution in [-0.2, 0) is 33.8 Å². The lowest BCUT2D eigenvalue weighted by molar-refractivity contribution is -0.136. The summed E-state index contributed by atoms with van der Waals surface area (Å²) in [5.41, 5.74) is 3.34.